The van der Waals surface area contributed by atoms with E-state index in [0.717, 1.165) is 18.4 Å². The van der Waals surface area contributed by atoms with E-state index in [4.69, 9.17) is 10.5 Å². The fourth-order valence-corrected chi connectivity index (χ4v) is 5.35. The van der Waals surface area contributed by atoms with Crippen molar-refractivity contribution < 1.29 is 27.5 Å². The highest BCUT2D eigenvalue weighted by Gasteiger charge is 2.51. The maximum Gasteiger partial charge on any atom is 0.257 e. The second kappa shape index (κ2) is 8.84. The number of methoxy groups -OCH3 is 1. The Morgan fingerprint density at radius 2 is 1.95 bits per heavy atom. The molecule has 3 N–H and O–H groups in total. The molecule has 2 aliphatic carbocycles. The minimum Gasteiger partial charge on any atom is -0.480 e. The predicted molar refractivity (Wildman–Crippen MR) is 130 cm³/mol. The van der Waals surface area contributed by atoms with E-state index in [1.165, 1.54) is 18.3 Å². The first-order valence-electron chi connectivity index (χ1n) is 12.4. The fourth-order valence-electron chi connectivity index (χ4n) is 5.35. The molecule has 0 aromatic carbocycles. The smallest absolute Gasteiger partial charge is 0.257 e. The Morgan fingerprint density at radius 1 is 1.18 bits per heavy atom. The number of rotatable bonds is 6. The number of likely N-dealkylation sites (tertiary alicyclic amines) is 1. The van der Waals surface area contributed by atoms with Crippen molar-refractivity contribution in [2.75, 3.05) is 25.9 Å². The van der Waals surface area contributed by atoms with Gasteiger partial charge in [0.15, 0.2) is 5.82 Å². The molecule has 200 valence electrons. The summed E-state index contributed by atoms with van der Waals surface area (Å²) < 4.78 is 48.1. The molecule has 13 heteroatoms. The Morgan fingerprint density at radius 3 is 2.63 bits per heavy atom. The van der Waals surface area contributed by atoms with Crippen LogP contribution in [0.1, 0.15) is 47.5 Å². The third kappa shape index (κ3) is 4.19. The molecular formula is C25H26F3N7O3. The summed E-state index contributed by atoms with van der Waals surface area (Å²) in [7, 11) is 1.37. The zero-order chi connectivity index (χ0) is 26.8. The van der Waals surface area contributed by atoms with Gasteiger partial charge in [-0.1, -0.05) is 0 Å². The first-order valence-corrected chi connectivity index (χ1v) is 12.4. The summed E-state index contributed by atoms with van der Waals surface area (Å²) in [5.74, 6) is -4.05. The predicted octanol–water partition coefficient (Wildman–Crippen LogP) is 2.58. The minimum atomic E-state index is -2.85. The lowest BCUT2D eigenvalue weighted by atomic mass is 9.80. The Balaban J connectivity index is 1.24. The maximum atomic E-state index is 14.8. The maximum absolute atomic E-state index is 14.8. The molecule has 0 radical (unpaired) electrons. The second-order valence-corrected chi connectivity index (χ2v) is 10.2. The fraction of sp³-hybridized carbons (Fsp3) is 0.480. The number of fused-ring (bicyclic) bond motifs is 1. The van der Waals surface area contributed by atoms with Gasteiger partial charge in [0.25, 0.3) is 5.91 Å². The topological polar surface area (TPSA) is 128 Å². The Labute approximate surface area is 215 Å². The highest BCUT2D eigenvalue weighted by atomic mass is 19.3. The average Bonchev–Trinajstić information content (AvgIpc) is 3.55. The normalized spacial score (nSPS) is 22.9. The number of nitrogens with zero attached hydrogens (tertiary/aromatic N) is 5. The highest BCUT2D eigenvalue weighted by molar-refractivity contribution is 5.98. The van der Waals surface area contributed by atoms with Crippen LogP contribution in [-0.2, 0) is 4.79 Å². The van der Waals surface area contributed by atoms with Crippen molar-refractivity contribution in [1.82, 2.24) is 29.8 Å². The molecule has 1 aliphatic heterocycles. The average molecular weight is 530 g/mol. The van der Waals surface area contributed by atoms with Gasteiger partial charge in [-0.3, -0.25) is 9.59 Å². The molecule has 3 aromatic heterocycles. The number of carbonyl (C=O) groups excluding carboxylic acids is 2. The number of aromatic nitrogens is 4. The van der Waals surface area contributed by atoms with Crippen LogP contribution in [0.15, 0.2) is 24.7 Å². The number of halogens is 3. The number of anilines is 1. The number of amides is 2. The van der Waals surface area contributed by atoms with E-state index < -0.39 is 48.7 Å². The molecule has 2 atom stereocenters. The Kier molecular flexibility index (Phi) is 5.69. The standard InChI is InChI=1S/C25H26F3N7O3/c1-38-23-16(22(36)33-18-10-34(9-17(18)26)24(37)14-6-25(27,28)7-14)4-13(8-30-23)19-5-15(12-2-3-12)20-21(29)31-11-32-35(19)20/h4-5,8,11-12,14,17-18H,2-3,6-7,9-10H2,1H3,(H,33,36)(H2,29,31,32)/t17-,18+/m0/s1. The van der Waals surface area contributed by atoms with Gasteiger partial charge in [-0.2, -0.15) is 5.10 Å². The van der Waals surface area contributed by atoms with Crippen molar-refractivity contribution in [1.29, 1.82) is 0 Å². The zero-order valence-electron chi connectivity index (χ0n) is 20.5. The monoisotopic (exact) mass is 529 g/mol. The molecular weight excluding hydrogens is 503 g/mol. The van der Waals surface area contributed by atoms with Crippen LogP contribution < -0.4 is 15.8 Å². The third-order valence-electron chi connectivity index (χ3n) is 7.53. The molecule has 38 heavy (non-hydrogen) atoms. The third-order valence-corrected chi connectivity index (χ3v) is 7.53. The lowest BCUT2D eigenvalue weighted by molar-refractivity contribution is -0.159. The van der Waals surface area contributed by atoms with E-state index in [-0.39, 0.29) is 24.5 Å². The van der Waals surface area contributed by atoms with E-state index in [1.807, 2.05) is 6.07 Å². The Hall–Kier alpha value is -3.90. The molecule has 0 unspecified atom stereocenters. The number of carbonyl (C=O) groups is 2. The first-order chi connectivity index (χ1) is 18.1. The van der Waals surface area contributed by atoms with Crippen LogP contribution in [0.4, 0.5) is 19.0 Å². The number of hydrogen-bond acceptors (Lipinski definition) is 7. The van der Waals surface area contributed by atoms with Crippen LogP contribution in [0.25, 0.3) is 16.8 Å². The van der Waals surface area contributed by atoms with Gasteiger partial charge in [0.2, 0.25) is 17.7 Å². The van der Waals surface area contributed by atoms with Crippen molar-refractivity contribution in [3.8, 4) is 17.1 Å². The molecule has 3 aromatic rings. The van der Waals surface area contributed by atoms with Crippen molar-refractivity contribution in [3.63, 3.8) is 0 Å². The SMILES string of the molecule is COc1ncc(-c2cc(C3CC3)c3c(N)ncnn23)cc1C(=O)N[C@@H]1CN(C(=O)C2CC(F)(F)C2)C[C@@H]1F. The summed E-state index contributed by atoms with van der Waals surface area (Å²) in [5.41, 5.74) is 9.20. The molecule has 2 amide bonds. The molecule has 3 aliphatic rings. The van der Waals surface area contributed by atoms with Crippen LogP contribution in [0.5, 0.6) is 5.88 Å². The number of pyridine rings is 1. The van der Waals surface area contributed by atoms with Gasteiger partial charge in [-0.15, -0.1) is 0 Å². The van der Waals surface area contributed by atoms with Gasteiger partial charge in [-0.05, 0) is 36.5 Å². The first kappa shape index (κ1) is 24.4. The minimum absolute atomic E-state index is 0.0432. The number of nitrogens with one attached hydrogen (secondary N) is 1. The van der Waals surface area contributed by atoms with E-state index >= 15 is 0 Å². The summed E-state index contributed by atoms with van der Waals surface area (Å²) >= 11 is 0. The summed E-state index contributed by atoms with van der Waals surface area (Å²) in [6.07, 6.45) is 2.38. The van der Waals surface area contributed by atoms with Gasteiger partial charge < -0.3 is 20.7 Å². The van der Waals surface area contributed by atoms with Crippen molar-refractivity contribution >= 4 is 23.1 Å². The zero-order valence-corrected chi connectivity index (χ0v) is 20.5. The van der Waals surface area contributed by atoms with E-state index in [9.17, 15) is 22.8 Å². The highest BCUT2D eigenvalue weighted by Crippen LogP contribution is 2.45. The lowest BCUT2D eigenvalue weighted by Gasteiger charge is -2.36. The van der Waals surface area contributed by atoms with Gasteiger partial charge in [0.05, 0.1) is 25.4 Å². The van der Waals surface area contributed by atoms with E-state index in [1.54, 1.807) is 16.8 Å². The number of nitrogen functional groups attached to an aromatic ring is 1. The van der Waals surface area contributed by atoms with Gasteiger partial charge in [0.1, 0.15) is 23.6 Å². The van der Waals surface area contributed by atoms with Gasteiger partial charge in [-0.25, -0.2) is 27.7 Å². The van der Waals surface area contributed by atoms with E-state index in [0.29, 0.717) is 28.5 Å². The molecule has 10 nitrogen and oxygen atoms in total. The van der Waals surface area contributed by atoms with Crippen LogP contribution in [-0.4, -0.2) is 74.6 Å². The van der Waals surface area contributed by atoms with Crippen LogP contribution in [0.3, 0.4) is 0 Å². The number of ether oxygens (including phenoxy) is 1. The van der Waals surface area contributed by atoms with Gasteiger partial charge in [0, 0.05) is 37.1 Å². The van der Waals surface area contributed by atoms with Crippen molar-refractivity contribution in [2.45, 2.75) is 49.7 Å². The summed E-state index contributed by atoms with van der Waals surface area (Å²) in [4.78, 5) is 35.4. The summed E-state index contributed by atoms with van der Waals surface area (Å²) in [6, 6.07) is 2.55. The molecule has 1 saturated heterocycles. The largest absolute Gasteiger partial charge is 0.480 e. The second-order valence-electron chi connectivity index (χ2n) is 10.2. The lowest BCUT2D eigenvalue weighted by Crippen LogP contribution is -2.47. The summed E-state index contributed by atoms with van der Waals surface area (Å²) in [6.45, 7) is -0.365. The van der Waals surface area contributed by atoms with E-state index in [2.05, 4.69) is 20.4 Å². The van der Waals surface area contributed by atoms with Crippen LogP contribution in [0.2, 0.25) is 0 Å². The quantitative estimate of drug-likeness (QED) is 0.502. The van der Waals surface area contributed by atoms with Gasteiger partial charge >= 0.3 is 0 Å². The van der Waals surface area contributed by atoms with Crippen LogP contribution in [0, 0.1) is 5.92 Å². The molecule has 6 rings (SSSR count). The van der Waals surface area contributed by atoms with Crippen molar-refractivity contribution in [2.24, 2.45) is 5.92 Å². The number of hydrogen-bond donors (Lipinski definition) is 2. The number of nitrogens with two attached hydrogens (primary N) is 1. The Bertz CT molecular complexity index is 1430. The summed E-state index contributed by atoms with van der Waals surface area (Å²) in [5, 5.41) is 6.98. The molecule has 2 saturated carbocycles. The molecule has 4 heterocycles. The molecule has 0 bridgehead atoms. The molecule has 0 spiro atoms. The van der Waals surface area contributed by atoms with Crippen molar-refractivity contribution in [3.05, 3.63) is 35.8 Å². The number of alkyl halides is 3. The molecule has 3 fully saturated rings. The van der Waals surface area contributed by atoms with Crippen LogP contribution >= 0.6 is 0 Å².